The van der Waals surface area contributed by atoms with Crippen LogP contribution in [0.2, 0.25) is 5.02 Å². The molecule has 7 heteroatoms. The number of nitrogens with zero attached hydrogens (tertiary/aromatic N) is 3. The first-order chi connectivity index (χ1) is 13.0. The van der Waals surface area contributed by atoms with Gasteiger partial charge in [0.25, 0.3) is 0 Å². The van der Waals surface area contributed by atoms with Crippen molar-refractivity contribution in [2.75, 3.05) is 6.61 Å². The molecular formula is C20H21BrClN3OS. The van der Waals surface area contributed by atoms with Crippen LogP contribution in [0.25, 0.3) is 0 Å². The summed E-state index contributed by atoms with van der Waals surface area (Å²) in [4.78, 5) is 0. The van der Waals surface area contributed by atoms with Crippen molar-refractivity contribution in [3.63, 3.8) is 0 Å². The second-order valence-corrected chi connectivity index (χ2v) is 8.53. The first kappa shape index (κ1) is 20.2. The molecule has 0 aliphatic carbocycles. The van der Waals surface area contributed by atoms with Crippen LogP contribution < -0.4 is 4.74 Å². The number of benzene rings is 2. The Labute approximate surface area is 177 Å². The van der Waals surface area contributed by atoms with Crippen molar-refractivity contribution < 1.29 is 4.74 Å². The van der Waals surface area contributed by atoms with Crippen LogP contribution in [0.4, 0.5) is 0 Å². The third kappa shape index (κ3) is 5.74. The van der Waals surface area contributed by atoms with E-state index < -0.39 is 0 Å². The van der Waals surface area contributed by atoms with Crippen LogP contribution >= 0.6 is 39.3 Å². The van der Waals surface area contributed by atoms with Crippen molar-refractivity contribution in [2.45, 2.75) is 30.7 Å². The Bertz CT molecular complexity index is 916. The average Bonchev–Trinajstić information content (AvgIpc) is 2.98. The normalized spacial score (nSPS) is 11.0. The van der Waals surface area contributed by atoms with Gasteiger partial charge in [0.15, 0.2) is 5.16 Å². The molecule has 3 aromatic rings. The van der Waals surface area contributed by atoms with Gasteiger partial charge in [0.1, 0.15) is 11.6 Å². The summed E-state index contributed by atoms with van der Waals surface area (Å²) in [5.41, 5.74) is 2.30. The predicted octanol–water partition coefficient (Wildman–Crippen LogP) is 5.84. The van der Waals surface area contributed by atoms with Crippen LogP contribution in [0.1, 0.15) is 23.4 Å². The van der Waals surface area contributed by atoms with Gasteiger partial charge >= 0.3 is 0 Å². The molecule has 0 bridgehead atoms. The molecule has 0 saturated carbocycles. The van der Waals surface area contributed by atoms with E-state index in [4.69, 9.17) is 16.3 Å². The van der Waals surface area contributed by atoms with E-state index in [1.165, 1.54) is 5.56 Å². The maximum atomic E-state index is 5.97. The lowest BCUT2D eigenvalue weighted by molar-refractivity contribution is 0.307. The molecule has 0 atom stereocenters. The van der Waals surface area contributed by atoms with Gasteiger partial charge in [-0.2, -0.15) is 0 Å². The van der Waals surface area contributed by atoms with Gasteiger partial charge in [0.05, 0.1) is 6.61 Å². The molecule has 0 aliphatic rings. The maximum absolute atomic E-state index is 5.97. The summed E-state index contributed by atoms with van der Waals surface area (Å²) in [6, 6.07) is 14.0. The second-order valence-electron chi connectivity index (χ2n) is 6.24. The molecule has 1 heterocycles. The van der Waals surface area contributed by atoms with Gasteiger partial charge < -0.3 is 9.30 Å². The minimum Gasteiger partial charge on any atom is -0.493 e. The lowest BCUT2D eigenvalue weighted by Gasteiger charge is -2.09. The molecule has 27 heavy (non-hydrogen) atoms. The Hall–Kier alpha value is -1.50. The van der Waals surface area contributed by atoms with Crippen molar-refractivity contribution in [1.82, 2.24) is 14.8 Å². The minimum atomic E-state index is 0.635. The highest BCUT2D eigenvalue weighted by molar-refractivity contribution is 9.10. The zero-order valence-corrected chi connectivity index (χ0v) is 18.4. The third-order valence-corrected chi connectivity index (χ3v) is 5.94. The summed E-state index contributed by atoms with van der Waals surface area (Å²) in [6.45, 7) is 2.63. The van der Waals surface area contributed by atoms with E-state index in [-0.39, 0.29) is 0 Å². The number of rotatable bonds is 8. The van der Waals surface area contributed by atoms with Gasteiger partial charge in [-0.15, -0.1) is 10.2 Å². The highest BCUT2D eigenvalue weighted by Gasteiger charge is 2.10. The first-order valence-electron chi connectivity index (χ1n) is 8.67. The number of hydrogen-bond donors (Lipinski definition) is 0. The highest BCUT2D eigenvalue weighted by atomic mass is 79.9. The van der Waals surface area contributed by atoms with E-state index in [0.717, 1.165) is 50.4 Å². The van der Waals surface area contributed by atoms with Crippen molar-refractivity contribution in [1.29, 1.82) is 0 Å². The summed E-state index contributed by atoms with van der Waals surface area (Å²) in [7, 11) is 2.02. The van der Waals surface area contributed by atoms with Crippen LogP contribution in [0, 0.1) is 6.92 Å². The van der Waals surface area contributed by atoms with Crippen molar-refractivity contribution in [2.24, 2.45) is 7.05 Å². The van der Waals surface area contributed by atoms with Gasteiger partial charge in [-0.3, -0.25) is 0 Å². The number of thioether (sulfide) groups is 1. The number of aromatic nitrogens is 3. The molecule has 0 radical (unpaired) electrons. The summed E-state index contributed by atoms with van der Waals surface area (Å²) in [6.07, 6.45) is 1.71. The Morgan fingerprint density at radius 3 is 2.81 bits per heavy atom. The van der Waals surface area contributed by atoms with Crippen LogP contribution in [0.3, 0.4) is 0 Å². The van der Waals surface area contributed by atoms with E-state index in [9.17, 15) is 0 Å². The Balaban J connectivity index is 1.48. The molecule has 0 fully saturated rings. The van der Waals surface area contributed by atoms with Crippen molar-refractivity contribution in [3.05, 3.63) is 68.9 Å². The highest BCUT2D eigenvalue weighted by Crippen LogP contribution is 2.24. The topological polar surface area (TPSA) is 39.9 Å². The van der Waals surface area contributed by atoms with E-state index >= 15 is 0 Å². The minimum absolute atomic E-state index is 0.635. The second kappa shape index (κ2) is 9.62. The molecule has 142 valence electrons. The fourth-order valence-corrected chi connectivity index (χ4v) is 4.20. The monoisotopic (exact) mass is 465 g/mol. The van der Waals surface area contributed by atoms with E-state index in [0.29, 0.717) is 6.61 Å². The Morgan fingerprint density at radius 1 is 1.19 bits per heavy atom. The molecular weight excluding hydrogens is 446 g/mol. The zero-order valence-electron chi connectivity index (χ0n) is 15.3. The van der Waals surface area contributed by atoms with Crippen LogP contribution in [-0.2, 0) is 19.2 Å². The molecule has 4 nitrogen and oxygen atoms in total. The lowest BCUT2D eigenvalue weighted by Crippen LogP contribution is -2.04. The van der Waals surface area contributed by atoms with Gasteiger partial charge in [-0.05, 0) is 54.8 Å². The molecule has 0 aliphatic heterocycles. The molecule has 0 N–H and O–H groups in total. The molecule has 0 saturated heterocycles. The van der Waals surface area contributed by atoms with E-state index in [2.05, 4.69) is 42.8 Å². The standard InChI is InChI=1S/C20H21BrClN3OS/c1-14-11-17(22)8-9-18(14)26-10-4-7-19-23-24-20(25(19)2)27-13-15-5-3-6-16(21)12-15/h3,5-6,8-9,11-12H,4,7,10,13H2,1-2H3. The molecule has 0 amide bonds. The van der Waals surface area contributed by atoms with Gasteiger partial charge in [-0.1, -0.05) is 51.4 Å². The fraction of sp³-hybridized carbons (Fsp3) is 0.300. The summed E-state index contributed by atoms with van der Waals surface area (Å²) in [5.74, 6) is 2.72. The Kier molecular flexibility index (Phi) is 7.21. The molecule has 0 unspecified atom stereocenters. The Morgan fingerprint density at radius 2 is 2.04 bits per heavy atom. The molecule has 3 rings (SSSR count). The van der Waals surface area contributed by atoms with Crippen molar-refractivity contribution in [3.8, 4) is 5.75 Å². The van der Waals surface area contributed by atoms with Gasteiger partial charge in [0, 0.05) is 28.7 Å². The first-order valence-corrected chi connectivity index (χ1v) is 10.8. The molecule has 2 aromatic carbocycles. The quantitative estimate of drug-likeness (QED) is 0.309. The van der Waals surface area contributed by atoms with E-state index in [1.54, 1.807) is 11.8 Å². The zero-order chi connectivity index (χ0) is 19.2. The smallest absolute Gasteiger partial charge is 0.191 e. The molecule has 0 spiro atoms. The van der Waals surface area contributed by atoms with Gasteiger partial charge in [0.2, 0.25) is 0 Å². The maximum Gasteiger partial charge on any atom is 0.191 e. The number of ether oxygens (including phenoxy) is 1. The average molecular weight is 467 g/mol. The summed E-state index contributed by atoms with van der Waals surface area (Å²) < 4.78 is 9.01. The largest absolute Gasteiger partial charge is 0.493 e. The third-order valence-electron chi connectivity index (χ3n) is 4.12. The molecule has 1 aromatic heterocycles. The van der Waals surface area contributed by atoms with Crippen LogP contribution in [-0.4, -0.2) is 21.4 Å². The fourth-order valence-electron chi connectivity index (χ4n) is 2.65. The van der Waals surface area contributed by atoms with Crippen LogP contribution in [0.15, 0.2) is 52.1 Å². The number of halogens is 2. The van der Waals surface area contributed by atoms with Gasteiger partial charge in [-0.25, -0.2) is 0 Å². The summed E-state index contributed by atoms with van der Waals surface area (Å²) >= 11 is 11.2. The number of hydrogen-bond acceptors (Lipinski definition) is 4. The summed E-state index contributed by atoms with van der Waals surface area (Å²) in [5, 5.41) is 10.3. The number of aryl methyl sites for hydroxylation is 2. The van der Waals surface area contributed by atoms with Crippen LogP contribution in [0.5, 0.6) is 5.75 Å². The SMILES string of the molecule is Cc1cc(Cl)ccc1OCCCc1nnc(SCc2cccc(Br)c2)n1C. The predicted molar refractivity (Wildman–Crippen MR) is 115 cm³/mol. The lowest BCUT2D eigenvalue weighted by atomic mass is 10.2. The van der Waals surface area contributed by atoms with Crippen molar-refractivity contribution >= 4 is 39.3 Å². The van der Waals surface area contributed by atoms with E-state index in [1.807, 2.05) is 44.3 Å².